The lowest BCUT2D eigenvalue weighted by molar-refractivity contribution is -0.0889. The molecule has 0 saturated carbocycles. The van der Waals surface area contributed by atoms with E-state index in [1.165, 1.54) is 6.33 Å². The van der Waals surface area contributed by atoms with E-state index in [0.717, 1.165) is 54.0 Å². The number of ether oxygens (including phenoxy) is 2. The fourth-order valence-electron chi connectivity index (χ4n) is 5.72. The maximum absolute atomic E-state index is 12.8. The molecule has 0 radical (unpaired) electrons. The summed E-state index contributed by atoms with van der Waals surface area (Å²) in [6.07, 6.45) is 5.48. The van der Waals surface area contributed by atoms with Crippen molar-refractivity contribution in [2.24, 2.45) is 5.92 Å². The fraction of sp³-hybridized carbons (Fsp3) is 0.455. The van der Waals surface area contributed by atoms with Crippen LogP contribution in [0.15, 0.2) is 53.4 Å². The molecule has 2 aliphatic rings. The number of nitrogens with zero attached hydrogens (tertiary/aromatic N) is 6. The van der Waals surface area contributed by atoms with E-state index < -0.39 is 5.91 Å². The van der Waals surface area contributed by atoms with Crippen LogP contribution in [0.4, 0.5) is 17.3 Å². The predicted molar refractivity (Wildman–Crippen MR) is 169 cm³/mol. The number of amides is 1. The Morgan fingerprint density at radius 1 is 1.00 bits per heavy atom. The van der Waals surface area contributed by atoms with Gasteiger partial charge in [-0.2, -0.15) is 4.98 Å². The number of benzene rings is 1. The van der Waals surface area contributed by atoms with Crippen molar-refractivity contribution in [2.75, 3.05) is 36.5 Å². The van der Waals surface area contributed by atoms with Crippen LogP contribution in [-0.4, -0.2) is 63.6 Å². The van der Waals surface area contributed by atoms with E-state index in [0.29, 0.717) is 36.6 Å². The van der Waals surface area contributed by atoms with Crippen LogP contribution in [0.1, 0.15) is 74.2 Å². The van der Waals surface area contributed by atoms with Crippen LogP contribution in [0.2, 0.25) is 0 Å². The highest BCUT2D eigenvalue weighted by atomic mass is 16.7. The number of aromatic nitrogens is 5. The highest BCUT2D eigenvalue weighted by Gasteiger charge is 2.30. The molecule has 1 amide bonds. The highest BCUT2D eigenvalue weighted by Crippen LogP contribution is 2.30. The molecule has 0 aliphatic carbocycles. The molecule has 1 atom stereocenters. The molecule has 1 unspecified atom stereocenters. The van der Waals surface area contributed by atoms with Gasteiger partial charge in [-0.3, -0.25) is 4.79 Å². The van der Waals surface area contributed by atoms with E-state index >= 15 is 0 Å². The van der Waals surface area contributed by atoms with E-state index in [1.54, 1.807) is 0 Å². The van der Waals surface area contributed by atoms with Crippen LogP contribution >= 0.6 is 0 Å². The Bertz CT molecular complexity index is 1620. The average Bonchev–Trinajstić information content (AvgIpc) is 3.75. The molecule has 4 aromatic rings. The third kappa shape index (κ3) is 7.12. The third-order valence-corrected chi connectivity index (χ3v) is 8.28. The normalized spacial score (nSPS) is 17.0. The van der Waals surface area contributed by atoms with Crippen LogP contribution in [0.25, 0.3) is 11.3 Å². The number of piperidine rings is 1. The summed E-state index contributed by atoms with van der Waals surface area (Å²) in [4.78, 5) is 32.9. The summed E-state index contributed by atoms with van der Waals surface area (Å²) < 4.78 is 16.6. The standard InChI is InChI=1S/C33H40N8O4/c1-20-16-23(6-8-25(20)21(2)37-29(42)30-39-32(40-45-30)33(3,4)5)26-17-28(36-19-35-26)38-27-9-7-24(18-34-27)41-12-10-22(11-13-41)31-43-14-15-44-31/h6-9,16-19,21-22,31H,10-15H2,1-5H3,(H,37,42)(H,34,35,36,38). The van der Waals surface area contributed by atoms with Crippen molar-refractivity contribution in [2.45, 2.75) is 65.2 Å². The van der Waals surface area contributed by atoms with E-state index in [-0.39, 0.29) is 23.6 Å². The van der Waals surface area contributed by atoms with Crippen molar-refractivity contribution in [1.82, 2.24) is 30.4 Å². The Morgan fingerprint density at radius 2 is 1.78 bits per heavy atom. The van der Waals surface area contributed by atoms with Gasteiger partial charge in [0.05, 0.1) is 36.8 Å². The Morgan fingerprint density at radius 3 is 2.44 bits per heavy atom. The Balaban J connectivity index is 1.06. The summed E-state index contributed by atoms with van der Waals surface area (Å²) in [5, 5.41) is 10.2. The van der Waals surface area contributed by atoms with Crippen molar-refractivity contribution in [3.63, 3.8) is 0 Å². The number of hydrogen-bond donors (Lipinski definition) is 2. The van der Waals surface area contributed by atoms with Crippen LogP contribution in [0.3, 0.4) is 0 Å². The zero-order valence-electron chi connectivity index (χ0n) is 26.4. The second-order valence-corrected chi connectivity index (χ2v) is 12.7. The van der Waals surface area contributed by atoms with Gasteiger partial charge in [-0.05, 0) is 56.0 Å². The van der Waals surface area contributed by atoms with Crippen LogP contribution in [-0.2, 0) is 14.9 Å². The SMILES string of the molecule is Cc1cc(-c2cc(Nc3ccc(N4CCC(C5OCCO5)CC4)cn3)ncn2)ccc1C(C)NC(=O)c1nc(C(C)(C)C)no1. The number of aryl methyl sites for hydroxylation is 1. The quantitative estimate of drug-likeness (QED) is 0.266. The van der Waals surface area contributed by atoms with Crippen molar-refractivity contribution in [1.29, 1.82) is 0 Å². The lowest BCUT2D eigenvalue weighted by Gasteiger charge is -2.35. The van der Waals surface area contributed by atoms with Crippen molar-refractivity contribution >= 4 is 23.2 Å². The van der Waals surface area contributed by atoms with E-state index in [9.17, 15) is 4.79 Å². The maximum atomic E-state index is 12.8. The van der Waals surface area contributed by atoms with Gasteiger partial charge in [0.1, 0.15) is 18.0 Å². The van der Waals surface area contributed by atoms with Crippen LogP contribution in [0, 0.1) is 12.8 Å². The van der Waals surface area contributed by atoms with Crippen LogP contribution < -0.4 is 15.5 Å². The number of carbonyl (C=O) groups is 1. The van der Waals surface area contributed by atoms with Gasteiger partial charge in [-0.1, -0.05) is 38.1 Å². The molecule has 12 heteroatoms. The lowest BCUT2D eigenvalue weighted by Crippen LogP contribution is -2.38. The summed E-state index contributed by atoms with van der Waals surface area (Å²) in [5.41, 5.74) is 4.49. The van der Waals surface area contributed by atoms with Crippen molar-refractivity contribution in [3.8, 4) is 11.3 Å². The number of hydrogen-bond acceptors (Lipinski definition) is 11. The molecule has 5 heterocycles. The highest BCUT2D eigenvalue weighted by molar-refractivity contribution is 5.89. The number of anilines is 3. The number of rotatable bonds is 8. The monoisotopic (exact) mass is 612 g/mol. The molecule has 2 fully saturated rings. The molecule has 2 N–H and O–H groups in total. The summed E-state index contributed by atoms with van der Waals surface area (Å²) >= 11 is 0. The largest absolute Gasteiger partial charge is 0.370 e. The molecule has 12 nitrogen and oxygen atoms in total. The molecule has 2 aliphatic heterocycles. The second kappa shape index (κ2) is 12.9. The number of carbonyl (C=O) groups excluding carboxylic acids is 1. The molecule has 6 rings (SSSR count). The number of pyridine rings is 1. The van der Waals surface area contributed by atoms with Gasteiger partial charge in [-0.25, -0.2) is 15.0 Å². The molecule has 236 valence electrons. The Labute approximate surface area is 263 Å². The molecule has 45 heavy (non-hydrogen) atoms. The lowest BCUT2D eigenvalue weighted by atomic mass is 9.96. The van der Waals surface area contributed by atoms with E-state index in [1.807, 2.05) is 65.1 Å². The molecular formula is C33H40N8O4. The zero-order chi connectivity index (χ0) is 31.6. The summed E-state index contributed by atoms with van der Waals surface area (Å²) in [6.45, 7) is 13.1. The van der Waals surface area contributed by atoms with Crippen molar-refractivity contribution in [3.05, 3.63) is 71.8 Å². The van der Waals surface area contributed by atoms with Gasteiger partial charge in [0.2, 0.25) is 0 Å². The molecule has 3 aromatic heterocycles. The van der Waals surface area contributed by atoms with Crippen molar-refractivity contribution < 1.29 is 18.8 Å². The molecule has 2 saturated heterocycles. The minimum absolute atomic E-state index is 0.0429. The Kier molecular flexibility index (Phi) is 8.77. The van der Waals surface area contributed by atoms with Gasteiger partial charge in [0.25, 0.3) is 0 Å². The van der Waals surface area contributed by atoms with E-state index in [4.69, 9.17) is 14.0 Å². The topological polar surface area (TPSA) is 140 Å². The molecule has 0 bridgehead atoms. The summed E-state index contributed by atoms with van der Waals surface area (Å²) in [5.74, 6) is 1.85. The van der Waals surface area contributed by atoms with Gasteiger partial charge in [-0.15, -0.1) is 0 Å². The maximum Gasteiger partial charge on any atom is 0.315 e. The van der Waals surface area contributed by atoms with Gasteiger partial charge < -0.3 is 29.5 Å². The van der Waals surface area contributed by atoms with Gasteiger partial charge in [0.15, 0.2) is 12.1 Å². The first kappa shape index (κ1) is 30.6. The Hall–Kier alpha value is -4.42. The third-order valence-electron chi connectivity index (χ3n) is 8.28. The zero-order valence-corrected chi connectivity index (χ0v) is 26.4. The minimum atomic E-state index is -0.406. The summed E-state index contributed by atoms with van der Waals surface area (Å²) in [7, 11) is 0. The molecular weight excluding hydrogens is 572 g/mol. The van der Waals surface area contributed by atoms with Crippen LogP contribution in [0.5, 0.6) is 0 Å². The minimum Gasteiger partial charge on any atom is -0.370 e. The smallest absolute Gasteiger partial charge is 0.315 e. The number of nitrogens with one attached hydrogen (secondary N) is 2. The first-order chi connectivity index (χ1) is 21.6. The van der Waals surface area contributed by atoms with Gasteiger partial charge in [0, 0.05) is 36.1 Å². The predicted octanol–water partition coefficient (Wildman–Crippen LogP) is 5.35. The molecule has 0 spiro atoms. The van der Waals surface area contributed by atoms with E-state index in [2.05, 4.69) is 52.8 Å². The fourth-order valence-corrected chi connectivity index (χ4v) is 5.72. The molecule has 1 aromatic carbocycles. The van der Waals surface area contributed by atoms with Gasteiger partial charge >= 0.3 is 11.8 Å². The first-order valence-corrected chi connectivity index (χ1v) is 15.4. The second-order valence-electron chi connectivity index (χ2n) is 12.7. The first-order valence-electron chi connectivity index (χ1n) is 15.4. The summed E-state index contributed by atoms with van der Waals surface area (Å²) in [6, 6.07) is 11.7. The average molecular weight is 613 g/mol.